The number of amides is 2. The van der Waals surface area contributed by atoms with Gasteiger partial charge in [0.2, 0.25) is 0 Å². The minimum absolute atomic E-state index is 0.103. The molecule has 1 rings (SSSR count). The van der Waals surface area contributed by atoms with E-state index in [0.29, 0.717) is 6.29 Å². The SMILES string of the molecule is CNC(=O)N(CCO)C(C=O)C(=O)C=Cc1ccccc1. The van der Waals surface area contributed by atoms with E-state index in [4.69, 9.17) is 5.11 Å². The molecule has 21 heavy (non-hydrogen) atoms. The highest BCUT2D eigenvalue weighted by Gasteiger charge is 2.26. The van der Waals surface area contributed by atoms with Crippen LogP contribution in [0.5, 0.6) is 0 Å². The minimum atomic E-state index is -1.25. The van der Waals surface area contributed by atoms with Gasteiger partial charge < -0.3 is 20.1 Å². The zero-order valence-corrected chi connectivity index (χ0v) is 11.7. The topological polar surface area (TPSA) is 86.7 Å². The smallest absolute Gasteiger partial charge is 0.318 e. The van der Waals surface area contributed by atoms with E-state index in [2.05, 4.69) is 5.32 Å². The van der Waals surface area contributed by atoms with Crippen molar-refractivity contribution in [2.24, 2.45) is 0 Å². The Labute approximate surface area is 123 Å². The predicted molar refractivity (Wildman–Crippen MR) is 78.6 cm³/mol. The van der Waals surface area contributed by atoms with Crippen LogP contribution in [0.2, 0.25) is 0 Å². The Bertz CT molecular complexity index is 514. The van der Waals surface area contributed by atoms with Crippen LogP contribution in [0.4, 0.5) is 4.79 Å². The fourth-order valence-electron chi connectivity index (χ4n) is 1.75. The highest BCUT2D eigenvalue weighted by atomic mass is 16.3. The summed E-state index contributed by atoms with van der Waals surface area (Å²) in [5, 5.41) is 11.3. The summed E-state index contributed by atoms with van der Waals surface area (Å²) < 4.78 is 0. The van der Waals surface area contributed by atoms with Gasteiger partial charge in [-0.2, -0.15) is 0 Å². The number of nitrogens with zero attached hydrogens (tertiary/aromatic N) is 1. The molecular formula is C15H18N2O4. The largest absolute Gasteiger partial charge is 0.395 e. The number of ketones is 1. The standard InChI is InChI=1S/C15H18N2O4/c1-16-15(21)17(9-10-18)13(11-19)14(20)8-7-12-5-3-2-4-6-12/h2-8,11,13,18H,9-10H2,1H3,(H,16,21). The van der Waals surface area contributed by atoms with Crippen LogP contribution >= 0.6 is 0 Å². The van der Waals surface area contributed by atoms with E-state index in [0.717, 1.165) is 10.5 Å². The first kappa shape index (κ1) is 16.6. The molecule has 2 N–H and O–H groups in total. The molecule has 0 spiro atoms. The lowest BCUT2D eigenvalue weighted by Crippen LogP contribution is -2.50. The number of aldehydes is 1. The summed E-state index contributed by atoms with van der Waals surface area (Å²) in [6.45, 7) is -0.443. The van der Waals surface area contributed by atoms with Crippen LogP contribution in [0.25, 0.3) is 6.08 Å². The maximum absolute atomic E-state index is 12.1. The van der Waals surface area contributed by atoms with Gasteiger partial charge in [0.1, 0.15) is 0 Å². The van der Waals surface area contributed by atoms with Crippen molar-refractivity contribution < 1.29 is 19.5 Å². The number of nitrogens with one attached hydrogen (secondary N) is 1. The maximum Gasteiger partial charge on any atom is 0.318 e. The van der Waals surface area contributed by atoms with Gasteiger partial charge in [-0.25, -0.2) is 4.79 Å². The predicted octanol–water partition coefficient (Wildman–Crippen LogP) is 0.470. The molecule has 0 radical (unpaired) electrons. The van der Waals surface area contributed by atoms with Crippen molar-refractivity contribution in [1.29, 1.82) is 0 Å². The zero-order valence-electron chi connectivity index (χ0n) is 11.7. The summed E-state index contributed by atoms with van der Waals surface area (Å²) >= 11 is 0. The van der Waals surface area contributed by atoms with E-state index in [1.165, 1.54) is 13.1 Å². The molecule has 6 heteroatoms. The summed E-state index contributed by atoms with van der Waals surface area (Å²) in [6, 6.07) is 7.27. The van der Waals surface area contributed by atoms with Gasteiger partial charge in [0.05, 0.1) is 6.61 Å². The van der Waals surface area contributed by atoms with Gasteiger partial charge >= 0.3 is 6.03 Å². The van der Waals surface area contributed by atoms with Crippen LogP contribution in [-0.4, -0.2) is 54.3 Å². The average molecular weight is 290 g/mol. The highest BCUT2D eigenvalue weighted by Crippen LogP contribution is 2.05. The quantitative estimate of drug-likeness (QED) is 0.434. The molecule has 0 fully saturated rings. The molecule has 0 bridgehead atoms. The lowest BCUT2D eigenvalue weighted by atomic mass is 10.1. The van der Waals surface area contributed by atoms with Gasteiger partial charge in [0.25, 0.3) is 0 Å². The number of benzene rings is 1. The first-order valence-corrected chi connectivity index (χ1v) is 6.45. The molecule has 1 atom stereocenters. The zero-order chi connectivity index (χ0) is 15.7. The third-order valence-corrected chi connectivity index (χ3v) is 2.81. The molecule has 6 nitrogen and oxygen atoms in total. The monoisotopic (exact) mass is 290 g/mol. The lowest BCUT2D eigenvalue weighted by molar-refractivity contribution is -0.124. The number of urea groups is 1. The molecule has 112 valence electrons. The van der Waals surface area contributed by atoms with Gasteiger partial charge in [-0.15, -0.1) is 0 Å². The first-order valence-electron chi connectivity index (χ1n) is 6.45. The Balaban J connectivity index is 2.86. The Morgan fingerprint density at radius 2 is 2.00 bits per heavy atom. The molecule has 0 heterocycles. The van der Waals surface area contributed by atoms with Crippen molar-refractivity contribution in [1.82, 2.24) is 10.2 Å². The third kappa shape index (κ3) is 4.85. The lowest BCUT2D eigenvalue weighted by Gasteiger charge is -2.25. The van der Waals surface area contributed by atoms with Crippen molar-refractivity contribution in [3.63, 3.8) is 0 Å². The molecule has 1 unspecified atom stereocenters. The van der Waals surface area contributed by atoms with Crippen molar-refractivity contribution in [2.45, 2.75) is 6.04 Å². The summed E-state index contributed by atoms with van der Waals surface area (Å²) in [7, 11) is 1.39. The van der Waals surface area contributed by atoms with Crippen molar-refractivity contribution >= 4 is 24.2 Å². The molecule has 0 aliphatic heterocycles. The number of aliphatic hydroxyl groups excluding tert-OH is 1. The summed E-state index contributed by atoms with van der Waals surface area (Å²) in [4.78, 5) is 35.8. The van der Waals surface area contributed by atoms with Crippen LogP contribution in [0, 0.1) is 0 Å². The van der Waals surface area contributed by atoms with Crippen molar-refractivity contribution in [3.05, 3.63) is 42.0 Å². The van der Waals surface area contributed by atoms with E-state index in [-0.39, 0.29) is 13.2 Å². The van der Waals surface area contributed by atoms with E-state index in [9.17, 15) is 14.4 Å². The Morgan fingerprint density at radius 1 is 1.33 bits per heavy atom. The van der Waals surface area contributed by atoms with Gasteiger partial charge in [-0.05, 0) is 11.6 Å². The molecule has 0 aliphatic rings. The molecule has 0 aliphatic carbocycles. The third-order valence-electron chi connectivity index (χ3n) is 2.81. The summed E-state index contributed by atoms with van der Waals surface area (Å²) in [5.41, 5.74) is 0.809. The highest BCUT2D eigenvalue weighted by molar-refractivity contribution is 6.08. The van der Waals surface area contributed by atoms with Crippen LogP contribution in [0.15, 0.2) is 36.4 Å². The van der Waals surface area contributed by atoms with Crippen LogP contribution in [0.1, 0.15) is 5.56 Å². The molecule has 1 aromatic rings. The molecule has 0 saturated heterocycles. The number of rotatable bonds is 7. The Morgan fingerprint density at radius 3 is 2.52 bits per heavy atom. The van der Waals surface area contributed by atoms with Gasteiger partial charge in [-0.3, -0.25) is 4.79 Å². The normalized spacial score (nSPS) is 11.9. The minimum Gasteiger partial charge on any atom is -0.395 e. The molecule has 0 aromatic heterocycles. The van der Waals surface area contributed by atoms with Gasteiger partial charge in [0.15, 0.2) is 18.1 Å². The molecule has 0 saturated carbocycles. The average Bonchev–Trinajstić information content (AvgIpc) is 2.53. The first-order chi connectivity index (χ1) is 10.1. The second kappa shape index (κ2) is 8.65. The van der Waals surface area contributed by atoms with E-state index in [1.54, 1.807) is 6.08 Å². The fraction of sp³-hybridized carbons (Fsp3) is 0.267. The number of carbonyl (C=O) groups is 3. The number of hydrogen-bond acceptors (Lipinski definition) is 4. The second-order valence-corrected chi connectivity index (χ2v) is 4.20. The van der Waals surface area contributed by atoms with Gasteiger partial charge in [0, 0.05) is 13.6 Å². The second-order valence-electron chi connectivity index (χ2n) is 4.20. The molecular weight excluding hydrogens is 272 g/mol. The Kier molecular flexibility index (Phi) is 6.83. The summed E-state index contributed by atoms with van der Waals surface area (Å²) in [6.07, 6.45) is 3.21. The molecule has 2 amide bonds. The Hall–Kier alpha value is -2.47. The number of carbonyl (C=O) groups excluding carboxylic acids is 3. The fourth-order valence-corrected chi connectivity index (χ4v) is 1.75. The van der Waals surface area contributed by atoms with Crippen molar-refractivity contribution in [3.8, 4) is 0 Å². The maximum atomic E-state index is 12.1. The number of aliphatic hydroxyl groups is 1. The van der Waals surface area contributed by atoms with E-state index < -0.39 is 17.9 Å². The van der Waals surface area contributed by atoms with E-state index in [1.807, 2.05) is 30.3 Å². The van der Waals surface area contributed by atoms with Crippen LogP contribution < -0.4 is 5.32 Å². The van der Waals surface area contributed by atoms with Crippen LogP contribution in [-0.2, 0) is 9.59 Å². The van der Waals surface area contributed by atoms with Gasteiger partial charge in [-0.1, -0.05) is 36.4 Å². The molecule has 1 aromatic carbocycles. The summed E-state index contributed by atoms with van der Waals surface area (Å²) in [5.74, 6) is -0.522. The van der Waals surface area contributed by atoms with Crippen LogP contribution in [0.3, 0.4) is 0 Å². The number of hydrogen-bond donors (Lipinski definition) is 2. The van der Waals surface area contributed by atoms with E-state index >= 15 is 0 Å². The van der Waals surface area contributed by atoms with Crippen molar-refractivity contribution in [2.75, 3.05) is 20.2 Å².